The zero-order valence-electron chi connectivity index (χ0n) is 13.4. The van der Waals surface area contributed by atoms with Crippen molar-refractivity contribution >= 4 is 17.9 Å². The van der Waals surface area contributed by atoms with E-state index in [0.29, 0.717) is 25.8 Å². The number of nitrogens with zero attached hydrogens (tertiary/aromatic N) is 1. The number of carbonyl (C=O) groups excluding carboxylic acids is 2. The summed E-state index contributed by atoms with van der Waals surface area (Å²) in [7, 11) is 0. The second-order valence-electron chi connectivity index (χ2n) is 7.28. The van der Waals surface area contributed by atoms with Crippen LogP contribution in [0.1, 0.15) is 40.0 Å². The molecule has 7 nitrogen and oxygen atoms in total. The number of nitrogens with one attached hydrogen (secondary N) is 2. The molecule has 2 fully saturated rings. The normalized spacial score (nSPS) is 29.1. The predicted molar refractivity (Wildman–Crippen MR) is 80.3 cm³/mol. The maximum Gasteiger partial charge on any atom is 0.317 e. The van der Waals surface area contributed by atoms with E-state index in [1.807, 2.05) is 20.8 Å². The van der Waals surface area contributed by atoms with Crippen LogP contribution in [0.25, 0.3) is 0 Å². The second kappa shape index (κ2) is 6.14. The maximum atomic E-state index is 12.3. The summed E-state index contributed by atoms with van der Waals surface area (Å²) in [6, 6.07) is -0.496. The molecule has 0 radical (unpaired) electrons. The first-order chi connectivity index (χ1) is 10.2. The molecule has 1 unspecified atom stereocenters. The van der Waals surface area contributed by atoms with Crippen LogP contribution in [0.2, 0.25) is 0 Å². The Kier molecular flexibility index (Phi) is 4.63. The van der Waals surface area contributed by atoms with Gasteiger partial charge in [0.25, 0.3) is 0 Å². The van der Waals surface area contributed by atoms with Crippen molar-refractivity contribution in [1.29, 1.82) is 0 Å². The summed E-state index contributed by atoms with van der Waals surface area (Å²) in [5.41, 5.74) is -0.164. The second-order valence-corrected chi connectivity index (χ2v) is 7.28. The molecule has 0 saturated carbocycles. The number of aliphatic carboxylic acids is 1. The Morgan fingerprint density at radius 2 is 2.00 bits per heavy atom. The fraction of sp³-hybridized carbons (Fsp3) is 0.800. The van der Waals surface area contributed by atoms with E-state index in [1.165, 1.54) is 0 Å². The minimum absolute atomic E-state index is 0.0116. The summed E-state index contributed by atoms with van der Waals surface area (Å²) < 4.78 is 0. The molecule has 2 saturated heterocycles. The number of carbonyl (C=O) groups is 3. The molecule has 7 heteroatoms. The Hall–Kier alpha value is -1.79. The molecule has 0 aliphatic carbocycles. The molecule has 2 aliphatic rings. The number of hydrogen-bond donors (Lipinski definition) is 3. The first-order valence-corrected chi connectivity index (χ1v) is 7.76. The van der Waals surface area contributed by atoms with Gasteiger partial charge in [0.2, 0.25) is 5.91 Å². The number of rotatable bonds is 2. The van der Waals surface area contributed by atoms with Crippen molar-refractivity contribution in [2.24, 2.45) is 11.3 Å². The smallest absolute Gasteiger partial charge is 0.317 e. The monoisotopic (exact) mass is 311 g/mol. The lowest BCUT2D eigenvalue weighted by molar-refractivity contribution is -0.141. The van der Waals surface area contributed by atoms with Crippen molar-refractivity contribution in [3.8, 4) is 0 Å². The highest BCUT2D eigenvalue weighted by Crippen LogP contribution is 2.27. The highest BCUT2D eigenvalue weighted by Gasteiger charge is 2.39. The van der Waals surface area contributed by atoms with E-state index in [4.69, 9.17) is 5.11 Å². The third-order valence-electron chi connectivity index (χ3n) is 4.47. The molecule has 0 spiro atoms. The number of carboxylic acid groups (broad SMARTS) is 1. The Morgan fingerprint density at radius 1 is 1.32 bits per heavy atom. The number of piperidine rings is 1. The van der Waals surface area contributed by atoms with Gasteiger partial charge >= 0.3 is 12.0 Å². The first kappa shape index (κ1) is 16.6. The summed E-state index contributed by atoms with van der Waals surface area (Å²) in [6.45, 7) is 6.79. The molecule has 3 N–H and O–H groups in total. The molecule has 22 heavy (non-hydrogen) atoms. The van der Waals surface area contributed by atoms with Gasteiger partial charge < -0.3 is 20.6 Å². The Balaban J connectivity index is 1.98. The molecule has 0 aromatic rings. The van der Waals surface area contributed by atoms with Gasteiger partial charge in [-0.3, -0.25) is 9.59 Å². The first-order valence-electron chi connectivity index (χ1n) is 7.76. The minimum Gasteiger partial charge on any atom is -0.481 e. The largest absolute Gasteiger partial charge is 0.481 e. The summed E-state index contributed by atoms with van der Waals surface area (Å²) in [5.74, 6) is -1.32. The number of likely N-dealkylation sites (tertiary alicyclic amines) is 1. The molecule has 2 aliphatic heterocycles. The maximum absolute atomic E-state index is 12.3. The van der Waals surface area contributed by atoms with Crippen LogP contribution in [-0.4, -0.2) is 53.1 Å². The molecule has 2 heterocycles. The van der Waals surface area contributed by atoms with Crippen LogP contribution >= 0.6 is 0 Å². The van der Waals surface area contributed by atoms with E-state index in [1.54, 1.807) is 4.90 Å². The van der Waals surface area contributed by atoms with Crippen LogP contribution in [0.5, 0.6) is 0 Å². The molecule has 2 rings (SSSR count). The molecule has 124 valence electrons. The van der Waals surface area contributed by atoms with Gasteiger partial charge in [-0.2, -0.15) is 0 Å². The fourth-order valence-corrected chi connectivity index (χ4v) is 3.17. The topological polar surface area (TPSA) is 98.7 Å². The Bertz CT molecular complexity index is 472. The fourth-order valence-electron chi connectivity index (χ4n) is 3.17. The van der Waals surface area contributed by atoms with Crippen LogP contribution in [0, 0.1) is 11.3 Å². The Labute approximate surface area is 130 Å². The van der Waals surface area contributed by atoms with Crippen LogP contribution in [0.15, 0.2) is 0 Å². The average Bonchev–Trinajstić information content (AvgIpc) is 2.89. The van der Waals surface area contributed by atoms with E-state index in [9.17, 15) is 14.4 Å². The standard InChI is InChI=1S/C15H25N3O4/c1-15(2,3)12-10(4-5-11(19)17-12)16-14(22)18-7-6-9(8-18)13(20)21/h9-10,12H,4-8H2,1-3H3,(H,16,22)(H,17,19)(H,20,21)/t9?,10-,12-/m1/s1. The van der Waals surface area contributed by atoms with Crippen molar-refractivity contribution in [3.63, 3.8) is 0 Å². The van der Waals surface area contributed by atoms with E-state index in [-0.39, 0.29) is 36.0 Å². The lowest BCUT2D eigenvalue weighted by atomic mass is 9.79. The average molecular weight is 311 g/mol. The molecule has 0 aromatic carbocycles. The molecule has 0 aromatic heterocycles. The van der Waals surface area contributed by atoms with Gasteiger partial charge in [0, 0.05) is 19.5 Å². The quantitative estimate of drug-likeness (QED) is 0.702. The van der Waals surface area contributed by atoms with Crippen LogP contribution in [0.4, 0.5) is 4.79 Å². The molecule has 3 atom stereocenters. The van der Waals surface area contributed by atoms with Gasteiger partial charge in [-0.25, -0.2) is 4.79 Å². The van der Waals surface area contributed by atoms with Crippen LogP contribution in [0.3, 0.4) is 0 Å². The molecule has 0 bridgehead atoms. The number of urea groups is 1. The van der Waals surface area contributed by atoms with Crippen molar-refractivity contribution in [3.05, 3.63) is 0 Å². The third kappa shape index (κ3) is 3.69. The van der Waals surface area contributed by atoms with Crippen LogP contribution in [-0.2, 0) is 9.59 Å². The van der Waals surface area contributed by atoms with E-state index >= 15 is 0 Å². The number of hydrogen-bond acceptors (Lipinski definition) is 3. The minimum atomic E-state index is -0.854. The van der Waals surface area contributed by atoms with Gasteiger partial charge in [-0.05, 0) is 18.3 Å². The van der Waals surface area contributed by atoms with Crippen molar-refractivity contribution < 1.29 is 19.5 Å². The third-order valence-corrected chi connectivity index (χ3v) is 4.47. The molecular weight excluding hydrogens is 286 g/mol. The highest BCUT2D eigenvalue weighted by atomic mass is 16.4. The van der Waals surface area contributed by atoms with Gasteiger partial charge in [-0.15, -0.1) is 0 Å². The zero-order valence-corrected chi connectivity index (χ0v) is 13.4. The van der Waals surface area contributed by atoms with Gasteiger partial charge in [0.1, 0.15) is 0 Å². The lowest BCUT2D eigenvalue weighted by Crippen LogP contribution is -2.61. The predicted octanol–water partition coefficient (Wildman–Crippen LogP) is 0.796. The summed E-state index contributed by atoms with van der Waals surface area (Å²) in [6.07, 6.45) is 1.50. The van der Waals surface area contributed by atoms with Gasteiger partial charge in [-0.1, -0.05) is 20.8 Å². The van der Waals surface area contributed by atoms with Gasteiger partial charge in [0.15, 0.2) is 0 Å². The van der Waals surface area contributed by atoms with Gasteiger partial charge in [0.05, 0.1) is 18.0 Å². The summed E-state index contributed by atoms with van der Waals surface area (Å²) >= 11 is 0. The Morgan fingerprint density at radius 3 is 2.55 bits per heavy atom. The molecular formula is C15H25N3O4. The van der Waals surface area contributed by atoms with Crippen molar-refractivity contribution in [2.75, 3.05) is 13.1 Å². The van der Waals surface area contributed by atoms with Crippen LogP contribution < -0.4 is 10.6 Å². The van der Waals surface area contributed by atoms with Crippen molar-refractivity contribution in [1.82, 2.24) is 15.5 Å². The lowest BCUT2D eigenvalue weighted by Gasteiger charge is -2.41. The van der Waals surface area contributed by atoms with E-state index in [2.05, 4.69) is 10.6 Å². The summed E-state index contributed by atoms with van der Waals surface area (Å²) in [4.78, 5) is 36.5. The molecule has 3 amide bonds. The number of carboxylic acids is 1. The number of amides is 3. The highest BCUT2D eigenvalue weighted by molar-refractivity contribution is 5.80. The van der Waals surface area contributed by atoms with E-state index < -0.39 is 11.9 Å². The summed E-state index contributed by atoms with van der Waals surface area (Å²) in [5, 5.41) is 14.9. The van der Waals surface area contributed by atoms with Crippen molar-refractivity contribution in [2.45, 2.75) is 52.1 Å². The zero-order chi connectivity index (χ0) is 16.5. The van der Waals surface area contributed by atoms with E-state index in [0.717, 1.165) is 0 Å². The SMILES string of the molecule is CC(C)(C)[C@@H]1NC(=O)CC[C@H]1NC(=O)N1CCC(C(=O)O)C1.